The van der Waals surface area contributed by atoms with E-state index in [2.05, 4.69) is 42.1 Å². The Hall–Kier alpha value is -1.29. The van der Waals surface area contributed by atoms with Crippen LogP contribution in [0.5, 0.6) is 0 Å². The van der Waals surface area contributed by atoms with Crippen LogP contribution >= 0.6 is 11.8 Å². The first-order chi connectivity index (χ1) is 9.24. The standard InChI is InChI=1S/C15H21N3S/c1-4-11(3)10-19-14-12-8-6-7-9-13(12)17-15(18-14)16-5-2/h6-9,11H,4-5,10H2,1-3H3,(H,16,17,18). The Morgan fingerprint density at radius 2 is 2.00 bits per heavy atom. The molecule has 1 N–H and O–H groups in total. The van der Waals surface area contributed by atoms with Gasteiger partial charge in [-0.3, -0.25) is 0 Å². The minimum atomic E-state index is 0.710. The van der Waals surface area contributed by atoms with Gasteiger partial charge in [-0.2, -0.15) is 0 Å². The second-order valence-corrected chi connectivity index (χ2v) is 5.73. The molecule has 2 aromatic rings. The van der Waals surface area contributed by atoms with Crippen LogP contribution < -0.4 is 5.32 Å². The van der Waals surface area contributed by atoms with Crippen LogP contribution in [0.3, 0.4) is 0 Å². The fourth-order valence-corrected chi connectivity index (χ4v) is 2.89. The molecule has 0 radical (unpaired) electrons. The van der Waals surface area contributed by atoms with Crippen LogP contribution in [0.1, 0.15) is 27.2 Å². The van der Waals surface area contributed by atoms with Crippen LogP contribution in [0, 0.1) is 5.92 Å². The summed E-state index contributed by atoms with van der Waals surface area (Å²) >= 11 is 1.83. The summed E-state index contributed by atoms with van der Waals surface area (Å²) in [6.07, 6.45) is 1.20. The lowest BCUT2D eigenvalue weighted by atomic mass is 10.2. The number of rotatable bonds is 6. The van der Waals surface area contributed by atoms with E-state index in [0.717, 1.165) is 34.2 Å². The number of anilines is 1. The van der Waals surface area contributed by atoms with Crippen LogP contribution in [-0.4, -0.2) is 22.3 Å². The van der Waals surface area contributed by atoms with Gasteiger partial charge >= 0.3 is 0 Å². The molecule has 1 aromatic heterocycles. The number of nitrogens with one attached hydrogen (secondary N) is 1. The Labute approximate surface area is 119 Å². The fourth-order valence-electron chi connectivity index (χ4n) is 1.73. The molecule has 0 aliphatic rings. The van der Waals surface area contributed by atoms with Gasteiger partial charge in [0, 0.05) is 17.7 Å². The fraction of sp³-hybridized carbons (Fsp3) is 0.467. The summed E-state index contributed by atoms with van der Waals surface area (Å²) in [5.41, 5.74) is 1.01. The summed E-state index contributed by atoms with van der Waals surface area (Å²) in [5, 5.41) is 5.44. The third kappa shape index (κ3) is 3.60. The number of benzene rings is 1. The van der Waals surface area contributed by atoms with E-state index < -0.39 is 0 Å². The zero-order chi connectivity index (χ0) is 13.7. The maximum Gasteiger partial charge on any atom is 0.224 e. The van der Waals surface area contributed by atoms with Crippen molar-refractivity contribution in [1.82, 2.24) is 9.97 Å². The first kappa shape index (κ1) is 14.1. The van der Waals surface area contributed by atoms with Crippen molar-refractivity contribution in [2.45, 2.75) is 32.2 Å². The predicted molar refractivity (Wildman–Crippen MR) is 83.9 cm³/mol. The molecule has 0 amide bonds. The summed E-state index contributed by atoms with van der Waals surface area (Å²) in [7, 11) is 0. The lowest BCUT2D eigenvalue weighted by Crippen LogP contribution is -2.04. The molecule has 1 unspecified atom stereocenters. The van der Waals surface area contributed by atoms with Crippen LogP contribution in [-0.2, 0) is 0 Å². The second-order valence-electron chi connectivity index (χ2n) is 4.72. The molecule has 3 nitrogen and oxygen atoms in total. The number of thioether (sulfide) groups is 1. The third-order valence-corrected chi connectivity index (χ3v) is 4.42. The Morgan fingerprint density at radius 1 is 1.21 bits per heavy atom. The highest BCUT2D eigenvalue weighted by Crippen LogP contribution is 2.28. The molecule has 0 aliphatic carbocycles. The largest absolute Gasteiger partial charge is 0.354 e. The number of aromatic nitrogens is 2. The van der Waals surface area contributed by atoms with Gasteiger partial charge in [0.1, 0.15) is 5.03 Å². The number of fused-ring (bicyclic) bond motifs is 1. The number of para-hydroxylation sites is 1. The molecule has 19 heavy (non-hydrogen) atoms. The highest BCUT2D eigenvalue weighted by atomic mass is 32.2. The Kier molecular flexibility index (Phi) is 5.02. The van der Waals surface area contributed by atoms with E-state index in [9.17, 15) is 0 Å². The zero-order valence-corrected chi connectivity index (χ0v) is 12.6. The molecule has 0 bridgehead atoms. The molecule has 0 saturated heterocycles. The molecule has 1 aromatic carbocycles. The normalized spacial score (nSPS) is 12.6. The van der Waals surface area contributed by atoms with Gasteiger partial charge in [-0.15, -0.1) is 11.8 Å². The summed E-state index contributed by atoms with van der Waals surface area (Å²) in [5.74, 6) is 2.54. The van der Waals surface area contributed by atoms with Crippen molar-refractivity contribution >= 4 is 28.6 Å². The van der Waals surface area contributed by atoms with Crippen LogP contribution in [0.15, 0.2) is 29.3 Å². The maximum absolute atomic E-state index is 4.64. The molecule has 1 heterocycles. The van der Waals surface area contributed by atoms with Gasteiger partial charge < -0.3 is 5.32 Å². The molecule has 0 saturated carbocycles. The molecule has 0 fully saturated rings. The molecule has 4 heteroatoms. The van der Waals surface area contributed by atoms with Crippen LogP contribution in [0.4, 0.5) is 5.95 Å². The van der Waals surface area contributed by atoms with Crippen molar-refractivity contribution in [2.24, 2.45) is 5.92 Å². The van der Waals surface area contributed by atoms with Gasteiger partial charge in [-0.25, -0.2) is 9.97 Å². The van der Waals surface area contributed by atoms with Crippen molar-refractivity contribution in [1.29, 1.82) is 0 Å². The number of nitrogens with zero attached hydrogens (tertiary/aromatic N) is 2. The van der Waals surface area contributed by atoms with E-state index in [0.29, 0.717) is 5.92 Å². The average Bonchev–Trinajstić information content (AvgIpc) is 2.44. The molecular weight excluding hydrogens is 254 g/mol. The van der Waals surface area contributed by atoms with Gasteiger partial charge in [0.05, 0.1) is 5.52 Å². The van der Waals surface area contributed by atoms with Gasteiger partial charge in [0.25, 0.3) is 0 Å². The quantitative estimate of drug-likeness (QED) is 0.633. The average molecular weight is 275 g/mol. The summed E-state index contributed by atoms with van der Waals surface area (Å²) in [6, 6.07) is 8.22. The predicted octanol–water partition coefficient (Wildman–Crippen LogP) is 4.20. The highest BCUT2D eigenvalue weighted by molar-refractivity contribution is 7.99. The number of hydrogen-bond acceptors (Lipinski definition) is 4. The Bertz CT molecular complexity index is 542. The molecular formula is C15H21N3S. The first-order valence-corrected chi connectivity index (χ1v) is 7.86. The molecule has 2 rings (SSSR count). The summed E-state index contributed by atoms with van der Waals surface area (Å²) in [6.45, 7) is 7.41. The monoisotopic (exact) mass is 275 g/mol. The van der Waals surface area contributed by atoms with Crippen molar-refractivity contribution in [2.75, 3.05) is 17.6 Å². The van der Waals surface area contributed by atoms with E-state index in [-0.39, 0.29) is 0 Å². The minimum Gasteiger partial charge on any atom is -0.354 e. The Balaban J connectivity index is 2.33. The van der Waals surface area contributed by atoms with Crippen molar-refractivity contribution in [3.8, 4) is 0 Å². The lowest BCUT2D eigenvalue weighted by Gasteiger charge is -2.11. The molecule has 0 aliphatic heterocycles. The van der Waals surface area contributed by atoms with E-state index >= 15 is 0 Å². The highest BCUT2D eigenvalue weighted by Gasteiger charge is 2.09. The minimum absolute atomic E-state index is 0.710. The van der Waals surface area contributed by atoms with Crippen molar-refractivity contribution < 1.29 is 0 Å². The first-order valence-electron chi connectivity index (χ1n) is 6.88. The van der Waals surface area contributed by atoms with Crippen molar-refractivity contribution in [3.63, 3.8) is 0 Å². The number of hydrogen-bond donors (Lipinski definition) is 1. The third-order valence-electron chi connectivity index (χ3n) is 3.10. The van der Waals surface area contributed by atoms with Crippen LogP contribution in [0.25, 0.3) is 10.9 Å². The van der Waals surface area contributed by atoms with Crippen LogP contribution in [0.2, 0.25) is 0 Å². The molecule has 102 valence electrons. The van der Waals surface area contributed by atoms with Crippen molar-refractivity contribution in [3.05, 3.63) is 24.3 Å². The van der Waals surface area contributed by atoms with Gasteiger partial charge in [-0.05, 0) is 18.9 Å². The summed E-state index contributed by atoms with van der Waals surface area (Å²) in [4.78, 5) is 9.17. The van der Waals surface area contributed by atoms with E-state index in [1.807, 2.05) is 30.0 Å². The molecule has 1 atom stereocenters. The summed E-state index contributed by atoms with van der Waals surface area (Å²) < 4.78 is 0. The zero-order valence-electron chi connectivity index (χ0n) is 11.8. The smallest absolute Gasteiger partial charge is 0.224 e. The van der Waals surface area contributed by atoms with Gasteiger partial charge in [0.15, 0.2) is 0 Å². The molecule has 0 spiro atoms. The lowest BCUT2D eigenvalue weighted by molar-refractivity contribution is 0.636. The van der Waals surface area contributed by atoms with E-state index in [1.54, 1.807) is 0 Å². The Morgan fingerprint density at radius 3 is 2.74 bits per heavy atom. The topological polar surface area (TPSA) is 37.8 Å². The maximum atomic E-state index is 4.64. The second kappa shape index (κ2) is 6.75. The van der Waals surface area contributed by atoms with E-state index in [1.165, 1.54) is 6.42 Å². The SMILES string of the molecule is CCNc1nc(SCC(C)CC)c2ccccc2n1. The van der Waals surface area contributed by atoms with Gasteiger partial charge in [-0.1, -0.05) is 38.5 Å². The van der Waals surface area contributed by atoms with Gasteiger partial charge in [0.2, 0.25) is 5.95 Å². The van der Waals surface area contributed by atoms with E-state index in [4.69, 9.17) is 0 Å².